The molecule has 0 radical (unpaired) electrons. The van der Waals surface area contributed by atoms with E-state index >= 15 is 0 Å². The van der Waals surface area contributed by atoms with E-state index in [1.54, 1.807) is 18.3 Å². The average Bonchev–Trinajstić information content (AvgIpc) is 2.05. The van der Waals surface area contributed by atoms with E-state index < -0.39 is 0 Å². The number of aromatic nitrogens is 1. The third-order valence-corrected chi connectivity index (χ3v) is 1.56. The zero-order valence-electron chi connectivity index (χ0n) is 6.37. The summed E-state index contributed by atoms with van der Waals surface area (Å²) in [6.45, 7) is 0.765. The molecule has 12 heavy (non-hydrogen) atoms. The summed E-state index contributed by atoms with van der Waals surface area (Å²) in [5.41, 5.74) is 0.823. The summed E-state index contributed by atoms with van der Waals surface area (Å²) < 4.78 is 4.51. The Kier molecular flexibility index (Phi) is 3.54. The maximum Gasteiger partial charge on any atom is 0.293 e. The summed E-state index contributed by atoms with van der Waals surface area (Å²) in [5.74, 6) is 0. The minimum Gasteiger partial charge on any atom is -0.467 e. The van der Waals surface area contributed by atoms with Crippen LogP contribution in [-0.2, 0) is 16.0 Å². The van der Waals surface area contributed by atoms with Gasteiger partial charge in [-0.3, -0.25) is 9.78 Å². The van der Waals surface area contributed by atoms with Crippen LogP contribution in [0.2, 0.25) is 5.02 Å². The summed E-state index contributed by atoms with van der Waals surface area (Å²) >= 11 is 5.71. The molecule has 0 N–H and O–H groups in total. The van der Waals surface area contributed by atoms with Gasteiger partial charge in [0, 0.05) is 23.3 Å². The van der Waals surface area contributed by atoms with Crippen LogP contribution in [0.1, 0.15) is 5.69 Å². The van der Waals surface area contributed by atoms with E-state index in [1.165, 1.54) is 0 Å². The Bertz CT molecular complexity index is 265. The molecule has 0 fully saturated rings. The fourth-order valence-electron chi connectivity index (χ4n) is 0.797. The van der Waals surface area contributed by atoms with Crippen molar-refractivity contribution in [3.8, 4) is 0 Å². The summed E-state index contributed by atoms with van der Waals surface area (Å²) in [4.78, 5) is 13.8. The number of carbonyl (C=O) groups is 1. The molecule has 0 aliphatic heterocycles. The van der Waals surface area contributed by atoms with E-state index in [4.69, 9.17) is 11.6 Å². The van der Waals surface area contributed by atoms with Crippen molar-refractivity contribution in [3.05, 3.63) is 29.0 Å². The van der Waals surface area contributed by atoms with E-state index in [0.717, 1.165) is 5.69 Å². The first-order chi connectivity index (χ1) is 5.83. The fourth-order valence-corrected chi connectivity index (χ4v) is 0.979. The van der Waals surface area contributed by atoms with Crippen LogP contribution in [0.15, 0.2) is 18.3 Å². The van der Waals surface area contributed by atoms with Gasteiger partial charge >= 0.3 is 0 Å². The minimum atomic E-state index is 0.344. The maximum absolute atomic E-state index is 9.79. The SMILES string of the molecule is O=COCCc1cc(Cl)ccn1. The predicted octanol–water partition coefficient (Wildman–Crippen LogP) is 1.45. The molecule has 0 aliphatic carbocycles. The van der Waals surface area contributed by atoms with Crippen LogP contribution in [-0.4, -0.2) is 18.1 Å². The van der Waals surface area contributed by atoms with E-state index in [-0.39, 0.29) is 0 Å². The standard InChI is InChI=1S/C8H8ClNO2/c9-7-1-3-10-8(5-7)2-4-12-6-11/h1,3,5-6H,2,4H2. The molecule has 0 aliphatic rings. The Morgan fingerprint density at radius 1 is 1.67 bits per heavy atom. The zero-order chi connectivity index (χ0) is 8.81. The highest BCUT2D eigenvalue weighted by Gasteiger charge is 1.95. The number of halogens is 1. The highest BCUT2D eigenvalue weighted by molar-refractivity contribution is 6.30. The second-order valence-electron chi connectivity index (χ2n) is 2.18. The average molecular weight is 186 g/mol. The smallest absolute Gasteiger partial charge is 0.293 e. The molecule has 1 aromatic heterocycles. The molecule has 0 spiro atoms. The van der Waals surface area contributed by atoms with Crippen molar-refractivity contribution in [1.29, 1.82) is 0 Å². The molecular weight excluding hydrogens is 178 g/mol. The van der Waals surface area contributed by atoms with E-state index in [0.29, 0.717) is 24.5 Å². The molecule has 0 bridgehead atoms. The number of rotatable bonds is 4. The molecule has 0 unspecified atom stereocenters. The highest BCUT2D eigenvalue weighted by Crippen LogP contribution is 2.07. The van der Waals surface area contributed by atoms with Gasteiger partial charge in [-0.05, 0) is 12.1 Å². The number of ether oxygens (including phenoxy) is 1. The minimum absolute atomic E-state index is 0.344. The van der Waals surface area contributed by atoms with Crippen molar-refractivity contribution in [3.63, 3.8) is 0 Å². The summed E-state index contributed by atoms with van der Waals surface area (Å²) in [6.07, 6.45) is 2.22. The number of carbonyl (C=O) groups excluding carboxylic acids is 1. The summed E-state index contributed by atoms with van der Waals surface area (Å²) in [6, 6.07) is 3.45. The lowest BCUT2D eigenvalue weighted by atomic mass is 10.3. The summed E-state index contributed by atoms with van der Waals surface area (Å²) in [5, 5.41) is 0.645. The van der Waals surface area contributed by atoms with Crippen molar-refractivity contribution in [2.75, 3.05) is 6.61 Å². The monoisotopic (exact) mass is 185 g/mol. The highest BCUT2D eigenvalue weighted by atomic mass is 35.5. The quantitative estimate of drug-likeness (QED) is 0.527. The van der Waals surface area contributed by atoms with Gasteiger partial charge in [-0.1, -0.05) is 11.6 Å². The van der Waals surface area contributed by atoms with Gasteiger partial charge in [-0.25, -0.2) is 0 Å². The molecule has 1 aromatic rings. The van der Waals surface area contributed by atoms with Crippen LogP contribution in [0.25, 0.3) is 0 Å². The molecule has 0 atom stereocenters. The number of pyridine rings is 1. The third kappa shape index (κ3) is 2.88. The van der Waals surface area contributed by atoms with Crippen LogP contribution < -0.4 is 0 Å². The lowest BCUT2D eigenvalue weighted by Gasteiger charge is -1.98. The molecular formula is C8H8ClNO2. The van der Waals surface area contributed by atoms with Crippen LogP contribution in [0.4, 0.5) is 0 Å². The van der Waals surface area contributed by atoms with Gasteiger partial charge in [0.2, 0.25) is 0 Å². The number of nitrogens with zero attached hydrogens (tertiary/aromatic N) is 1. The molecule has 1 rings (SSSR count). The Labute approximate surface area is 75.3 Å². The van der Waals surface area contributed by atoms with Crippen LogP contribution in [0, 0.1) is 0 Å². The van der Waals surface area contributed by atoms with E-state index in [2.05, 4.69) is 9.72 Å². The van der Waals surface area contributed by atoms with Gasteiger partial charge in [-0.2, -0.15) is 0 Å². The summed E-state index contributed by atoms with van der Waals surface area (Å²) in [7, 11) is 0. The van der Waals surface area contributed by atoms with Gasteiger partial charge in [0.1, 0.15) is 0 Å². The molecule has 0 saturated heterocycles. The first kappa shape index (κ1) is 9.00. The predicted molar refractivity (Wildman–Crippen MR) is 45.0 cm³/mol. The van der Waals surface area contributed by atoms with Gasteiger partial charge in [-0.15, -0.1) is 0 Å². The molecule has 0 aromatic carbocycles. The van der Waals surface area contributed by atoms with Gasteiger partial charge in [0.25, 0.3) is 6.47 Å². The fraction of sp³-hybridized carbons (Fsp3) is 0.250. The van der Waals surface area contributed by atoms with Gasteiger partial charge in [0.15, 0.2) is 0 Å². The topological polar surface area (TPSA) is 39.2 Å². The first-order valence-electron chi connectivity index (χ1n) is 3.48. The van der Waals surface area contributed by atoms with Crippen molar-refractivity contribution in [2.24, 2.45) is 0 Å². The van der Waals surface area contributed by atoms with Gasteiger partial charge < -0.3 is 4.74 Å². The third-order valence-electron chi connectivity index (χ3n) is 1.32. The molecule has 0 saturated carbocycles. The molecule has 64 valence electrons. The van der Waals surface area contributed by atoms with Gasteiger partial charge in [0.05, 0.1) is 6.61 Å². The second kappa shape index (κ2) is 4.72. The van der Waals surface area contributed by atoms with Crippen molar-refractivity contribution in [2.45, 2.75) is 6.42 Å². The van der Waals surface area contributed by atoms with E-state index in [1.807, 2.05) is 0 Å². The zero-order valence-corrected chi connectivity index (χ0v) is 7.12. The second-order valence-corrected chi connectivity index (χ2v) is 2.62. The molecule has 0 amide bonds. The van der Waals surface area contributed by atoms with Crippen molar-refractivity contribution < 1.29 is 9.53 Å². The van der Waals surface area contributed by atoms with Crippen molar-refractivity contribution >= 4 is 18.1 Å². The van der Waals surface area contributed by atoms with Crippen molar-refractivity contribution in [1.82, 2.24) is 4.98 Å². The number of hydrogen-bond acceptors (Lipinski definition) is 3. The van der Waals surface area contributed by atoms with E-state index in [9.17, 15) is 4.79 Å². The molecule has 1 heterocycles. The van der Waals surface area contributed by atoms with Crippen LogP contribution >= 0.6 is 11.6 Å². The lowest BCUT2D eigenvalue weighted by Crippen LogP contribution is -1.98. The maximum atomic E-state index is 9.79. The number of hydrogen-bond donors (Lipinski definition) is 0. The first-order valence-corrected chi connectivity index (χ1v) is 3.86. The Balaban J connectivity index is 2.46. The Morgan fingerprint density at radius 2 is 2.50 bits per heavy atom. The van der Waals surface area contributed by atoms with Crippen LogP contribution in [0.5, 0.6) is 0 Å². The molecule has 4 heteroatoms. The Morgan fingerprint density at radius 3 is 3.17 bits per heavy atom. The Hall–Kier alpha value is -1.09. The largest absolute Gasteiger partial charge is 0.467 e. The lowest BCUT2D eigenvalue weighted by molar-refractivity contribution is -0.128. The normalized spacial score (nSPS) is 9.42. The van der Waals surface area contributed by atoms with Crippen LogP contribution in [0.3, 0.4) is 0 Å². The molecule has 3 nitrogen and oxygen atoms in total.